The van der Waals surface area contributed by atoms with E-state index >= 15 is 0 Å². The number of rotatable bonds is 3. The van der Waals surface area contributed by atoms with Crippen LogP contribution < -0.4 is 5.32 Å². The minimum atomic E-state index is -0.349. The molecule has 8 heteroatoms. The number of aromatic amines is 1. The number of amides is 1. The van der Waals surface area contributed by atoms with Crippen molar-refractivity contribution in [3.63, 3.8) is 0 Å². The van der Waals surface area contributed by atoms with Crippen molar-refractivity contribution < 1.29 is 4.79 Å². The second-order valence-corrected chi connectivity index (χ2v) is 4.13. The van der Waals surface area contributed by atoms with Gasteiger partial charge in [-0.15, -0.1) is 10.2 Å². The molecule has 0 unspecified atom stereocenters. The molecule has 1 aromatic carbocycles. The van der Waals surface area contributed by atoms with E-state index in [2.05, 4.69) is 30.7 Å². The number of hydrogen-bond donors (Lipinski definition) is 2. The van der Waals surface area contributed by atoms with Crippen molar-refractivity contribution in [3.05, 3.63) is 42.7 Å². The predicted octanol–water partition coefficient (Wildman–Crippen LogP) is 0.852. The Morgan fingerprint density at radius 2 is 2.30 bits per heavy atom. The quantitative estimate of drug-likeness (QED) is 0.734. The van der Waals surface area contributed by atoms with E-state index < -0.39 is 0 Å². The molecule has 2 N–H and O–H groups in total. The van der Waals surface area contributed by atoms with Crippen LogP contribution in [0.25, 0.3) is 11.4 Å². The van der Waals surface area contributed by atoms with Gasteiger partial charge in [-0.25, -0.2) is 4.98 Å². The maximum absolute atomic E-state index is 11.9. The lowest BCUT2D eigenvalue weighted by atomic mass is 10.2. The van der Waals surface area contributed by atoms with Crippen LogP contribution in [0.5, 0.6) is 0 Å². The number of hydrogen-bond acceptors (Lipinski definition) is 5. The Morgan fingerprint density at radius 3 is 3.00 bits per heavy atom. The van der Waals surface area contributed by atoms with Gasteiger partial charge in [0.25, 0.3) is 5.91 Å². The van der Waals surface area contributed by atoms with Gasteiger partial charge in [0, 0.05) is 18.3 Å². The molecule has 20 heavy (non-hydrogen) atoms. The Morgan fingerprint density at radius 1 is 1.40 bits per heavy atom. The summed E-state index contributed by atoms with van der Waals surface area (Å²) in [6, 6.07) is 7.33. The van der Waals surface area contributed by atoms with E-state index in [-0.39, 0.29) is 11.7 Å². The number of aryl methyl sites for hydroxylation is 1. The summed E-state index contributed by atoms with van der Waals surface area (Å²) in [5.74, 6) is 0.535. The van der Waals surface area contributed by atoms with Crippen LogP contribution in [0.4, 0.5) is 5.69 Å². The Bertz CT molecular complexity index is 732. The second kappa shape index (κ2) is 4.92. The Kier molecular flexibility index (Phi) is 2.96. The van der Waals surface area contributed by atoms with E-state index in [0.29, 0.717) is 5.69 Å². The van der Waals surface area contributed by atoms with Crippen molar-refractivity contribution in [1.82, 2.24) is 29.9 Å². The predicted molar refractivity (Wildman–Crippen MR) is 70.8 cm³/mol. The van der Waals surface area contributed by atoms with E-state index in [9.17, 15) is 4.79 Å². The van der Waals surface area contributed by atoms with E-state index in [1.807, 2.05) is 25.2 Å². The minimum Gasteiger partial charge on any atom is -0.319 e. The van der Waals surface area contributed by atoms with Crippen molar-refractivity contribution >= 4 is 11.6 Å². The van der Waals surface area contributed by atoms with Crippen molar-refractivity contribution in [3.8, 4) is 11.4 Å². The molecule has 0 aliphatic heterocycles. The van der Waals surface area contributed by atoms with E-state index in [4.69, 9.17) is 0 Å². The maximum atomic E-state index is 11.9. The summed E-state index contributed by atoms with van der Waals surface area (Å²) in [5, 5.41) is 16.7. The number of H-pyrrole nitrogens is 1. The molecule has 0 aliphatic rings. The lowest BCUT2D eigenvalue weighted by Crippen LogP contribution is -2.13. The summed E-state index contributed by atoms with van der Waals surface area (Å²) in [6.45, 7) is 0. The monoisotopic (exact) mass is 269 g/mol. The van der Waals surface area contributed by atoms with Gasteiger partial charge in [-0.1, -0.05) is 12.1 Å². The van der Waals surface area contributed by atoms with Gasteiger partial charge in [-0.3, -0.25) is 9.89 Å². The third kappa shape index (κ3) is 2.26. The largest absolute Gasteiger partial charge is 0.319 e. The number of nitrogens with one attached hydrogen (secondary N) is 2. The first-order valence-electron chi connectivity index (χ1n) is 5.85. The van der Waals surface area contributed by atoms with E-state index in [1.54, 1.807) is 17.0 Å². The van der Waals surface area contributed by atoms with Crippen LogP contribution >= 0.6 is 0 Å². The normalized spacial score (nSPS) is 10.4. The van der Waals surface area contributed by atoms with Crippen molar-refractivity contribution in [2.75, 3.05) is 5.32 Å². The first kappa shape index (κ1) is 12.0. The fourth-order valence-electron chi connectivity index (χ4n) is 1.79. The highest BCUT2D eigenvalue weighted by atomic mass is 16.2. The Balaban J connectivity index is 1.85. The molecule has 0 spiro atoms. The third-order valence-corrected chi connectivity index (χ3v) is 2.72. The Labute approximate surface area is 113 Å². The summed E-state index contributed by atoms with van der Waals surface area (Å²) in [6.07, 6.45) is 2.90. The summed E-state index contributed by atoms with van der Waals surface area (Å²) < 4.78 is 1.80. The van der Waals surface area contributed by atoms with Gasteiger partial charge in [0.2, 0.25) is 5.82 Å². The zero-order chi connectivity index (χ0) is 13.9. The molecule has 0 saturated carbocycles. The first-order chi connectivity index (χ1) is 9.74. The number of nitrogens with zero attached hydrogens (tertiary/aromatic N) is 5. The number of benzene rings is 1. The van der Waals surface area contributed by atoms with Crippen molar-refractivity contribution in [1.29, 1.82) is 0 Å². The van der Waals surface area contributed by atoms with Crippen LogP contribution in [-0.4, -0.2) is 35.9 Å². The fraction of sp³-hybridized carbons (Fsp3) is 0.0833. The molecule has 2 aromatic heterocycles. The highest BCUT2D eigenvalue weighted by Crippen LogP contribution is 2.20. The zero-order valence-corrected chi connectivity index (χ0v) is 10.6. The molecule has 3 aromatic rings. The average Bonchev–Trinajstić information content (AvgIpc) is 3.10. The standard InChI is InChI=1S/C12H11N7O/c1-19-7-15-18-11(19)8-3-2-4-9(5-8)16-12(20)10-13-6-14-17-10/h2-7H,1H3,(H,16,20)(H,13,14,17). The smallest absolute Gasteiger partial charge is 0.292 e. The molecule has 0 bridgehead atoms. The summed E-state index contributed by atoms with van der Waals surface area (Å²) in [5.41, 5.74) is 1.51. The molecule has 1 amide bonds. The molecule has 0 fully saturated rings. The van der Waals surface area contributed by atoms with Crippen LogP contribution in [-0.2, 0) is 7.05 Å². The lowest BCUT2D eigenvalue weighted by molar-refractivity contribution is 0.101. The van der Waals surface area contributed by atoms with E-state index in [1.165, 1.54) is 6.33 Å². The summed E-state index contributed by atoms with van der Waals surface area (Å²) in [7, 11) is 1.86. The molecule has 0 atom stereocenters. The van der Waals surface area contributed by atoms with Crippen LogP contribution in [0.3, 0.4) is 0 Å². The van der Waals surface area contributed by atoms with Gasteiger partial charge in [-0.05, 0) is 12.1 Å². The molecular weight excluding hydrogens is 258 g/mol. The van der Waals surface area contributed by atoms with E-state index in [0.717, 1.165) is 11.4 Å². The maximum Gasteiger partial charge on any atom is 0.292 e. The molecule has 8 nitrogen and oxygen atoms in total. The SMILES string of the molecule is Cn1cnnc1-c1cccc(NC(=O)c2ncn[nH]2)c1. The number of carbonyl (C=O) groups is 1. The lowest BCUT2D eigenvalue weighted by Gasteiger charge is -2.05. The molecule has 0 aliphatic carbocycles. The van der Waals surface area contributed by atoms with Crippen LogP contribution in [0.1, 0.15) is 10.6 Å². The molecular formula is C12H11N7O. The molecule has 0 saturated heterocycles. The van der Waals surface area contributed by atoms with Crippen LogP contribution in [0.2, 0.25) is 0 Å². The zero-order valence-electron chi connectivity index (χ0n) is 10.6. The highest BCUT2D eigenvalue weighted by molar-refractivity contribution is 6.01. The van der Waals surface area contributed by atoms with Gasteiger partial charge in [0.05, 0.1) is 0 Å². The van der Waals surface area contributed by atoms with Crippen molar-refractivity contribution in [2.24, 2.45) is 7.05 Å². The molecule has 100 valence electrons. The van der Waals surface area contributed by atoms with Gasteiger partial charge >= 0.3 is 0 Å². The third-order valence-electron chi connectivity index (χ3n) is 2.72. The Hall–Kier alpha value is -3.03. The fourth-order valence-corrected chi connectivity index (χ4v) is 1.79. The summed E-state index contributed by atoms with van der Waals surface area (Å²) >= 11 is 0. The van der Waals surface area contributed by atoms with Gasteiger partial charge in [0.1, 0.15) is 12.7 Å². The number of aromatic nitrogens is 6. The second-order valence-electron chi connectivity index (χ2n) is 4.13. The molecule has 2 heterocycles. The van der Waals surface area contributed by atoms with Gasteiger partial charge < -0.3 is 9.88 Å². The number of carbonyl (C=O) groups excluding carboxylic acids is 1. The molecule has 3 rings (SSSR count). The minimum absolute atomic E-state index is 0.161. The topological polar surface area (TPSA) is 101 Å². The summed E-state index contributed by atoms with van der Waals surface area (Å²) in [4.78, 5) is 15.7. The van der Waals surface area contributed by atoms with Gasteiger partial charge in [-0.2, -0.15) is 5.10 Å². The molecule has 0 radical (unpaired) electrons. The van der Waals surface area contributed by atoms with Crippen LogP contribution in [0, 0.1) is 0 Å². The first-order valence-corrected chi connectivity index (χ1v) is 5.85. The average molecular weight is 269 g/mol. The van der Waals surface area contributed by atoms with Gasteiger partial charge in [0.15, 0.2) is 5.82 Å². The van der Waals surface area contributed by atoms with Crippen LogP contribution in [0.15, 0.2) is 36.9 Å². The number of anilines is 1. The van der Waals surface area contributed by atoms with Crippen molar-refractivity contribution in [2.45, 2.75) is 0 Å². The highest BCUT2D eigenvalue weighted by Gasteiger charge is 2.10.